The van der Waals surface area contributed by atoms with Gasteiger partial charge in [-0.25, -0.2) is 0 Å². The van der Waals surface area contributed by atoms with Crippen molar-refractivity contribution in [3.8, 4) is 0 Å². The van der Waals surface area contributed by atoms with Gasteiger partial charge in [-0.1, -0.05) is 61.6 Å². The molecule has 0 heterocycles. The molecule has 0 unspecified atom stereocenters. The lowest BCUT2D eigenvalue weighted by Crippen LogP contribution is -2.10. The van der Waals surface area contributed by atoms with Crippen LogP contribution in [0.3, 0.4) is 0 Å². The summed E-state index contributed by atoms with van der Waals surface area (Å²) in [5, 5.41) is 0.947. The van der Waals surface area contributed by atoms with Gasteiger partial charge in [0.1, 0.15) is 0 Å². The summed E-state index contributed by atoms with van der Waals surface area (Å²) in [6, 6.07) is 0. The van der Waals surface area contributed by atoms with Gasteiger partial charge in [-0.2, -0.15) is 0 Å². The van der Waals surface area contributed by atoms with Crippen LogP contribution in [0, 0.1) is 0 Å². The van der Waals surface area contributed by atoms with Crippen molar-refractivity contribution in [1.82, 2.24) is 0 Å². The van der Waals surface area contributed by atoms with Crippen molar-refractivity contribution < 1.29 is 0 Å². The molecule has 72 valence electrons. The molecule has 0 amide bonds. The van der Waals surface area contributed by atoms with Crippen molar-refractivity contribution in [3.63, 3.8) is 0 Å². The molecule has 0 aromatic carbocycles. The van der Waals surface area contributed by atoms with Gasteiger partial charge in [0.2, 0.25) is 0 Å². The Bertz CT molecular complexity index is 120. The summed E-state index contributed by atoms with van der Waals surface area (Å²) >= 11 is 0. The zero-order chi connectivity index (χ0) is 9.03. The molecule has 0 aromatic rings. The first-order valence-corrected chi connectivity index (χ1v) is 7.14. The van der Waals surface area contributed by atoms with Gasteiger partial charge in [-0.05, 0) is 12.8 Å². The third-order valence-corrected chi connectivity index (χ3v) is 5.93. The second-order valence-corrected chi connectivity index (χ2v) is 7.88. The first kappa shape index (κ1) is 10.8. The van der Waals surface area contributed by atoms with Gasteiger partial charge in [-0.15, -0.1) is 0 Å². The summed E-state index contributed by atoms with van der Waals surface area (Å²) in [6.45, 7) is 6.90. The van der Waals surface area contributed by atoms with Crippen LogP contribution in [0.5, 0.6) is 0 Å². The van der Waals surface area contributed by atoms with Crippen molar-refractivity contribution in [2.24, 2.45) is 0 Å². The standard InChI is InChI=1S/C10H20S2/c1-10(2,3)12-11-9-7-5-4-6-8-9/h9H,4-8H2,1-3H3. The van der Waals surface area contributed by atoms with Crippen molar-refractivity contribution in [1.29, 1.82) is 0 Å². The van der Waals surface area contributed by atoms with E-state index in [-0.39, 0.29) is 0 Å². The average Bonchev–Trinajstić information content (AvgIpc) is 2.02. The van der Waals surface area contributed by atoms with Gasteiger partial charge in [-0.3, -0.25) is 0 Å². The Morgan fingerprint density at radius 2 is 1.58 bits per heavy atom. The van der Waals surface area contributed by atoms with E-state index >= 15 is 0 Å². The van der Waals surface area contributed by atoms with Gasteiger partial charge in [0, 0.05) is 10.00 Å². The van der Waals surface area contributed by atoms with E-state index in [1.165, 1.54) is 32.1 Å². The van der Waals surface area contributed by atoms with Crippen LogP contribution in [0.15, 0.2) is 0 Å². The smallest absolute Gasteiger partial charge is 0.0179 e. The fourth-order valence-electron chi connectivity index (χ4n) is 1.37. The lowest BCUT2D eigenvalue weighted by atomic mass is 10.0. The van der Waals surface area contributed by atoms with Crippen LogP contribution in [-0.4, -0.2) is 10.00 Å². The maximum absolute atomic E-state index is 2.30. The highest BCUT2D eigenvalue weighted by Gasteiger charge is 2.18. The molecule has 1 rings (SSSR count). The normalized spacial score (nSPS) is 21.2. The summed E-state index contributed by atoms with van der Waals surface area (Å²) in [4.78, 5) is 0. The van der Waals surface area contributed by atoms with Gasteiger partial charge in [0.25, 0.3) is 0 Å². The third-order valence-electron chi connectivity index (χ3n) is 1.99. The SMILES string of the molecule is CC(C)(C)SSC1CCCCC1. The highest BCUT2D eigenvalue weighted by molar-refractivity contribution is 8.77. The zero-order valence-electron chi connectivity index (χ0n) is 8.43. The first-order valence-electron chi connectivity index (χ1n) is 4.92. The second kappa shape index (κ2) is 4.80. The fraction of sp³-hybridized carbons (Fsp3) is 1.00. The van der Waals surface area contributed by atoms with E-state index in [0.717, 1.165) is 5.25 Å². The Hall–Kier alpha value is 0.700. The summed E-state index contributed by atoms with van der Waals surface area (Å²) in [6.07, 6.45) is 7.30. The quantitative estimate of drug-likeness (QED) is 0.607. The molecule has 0 atom stereocenters. The zero-order valence-corrected chi connectivity index (χ0v) is 10.1. The molecule has 12 heavy (non-hydrogen) atoms. The average molecular weight is 204 g/mol. The molecule has 1 saturated carbocycles. The molecule has 0 bridgehead atoms. The van der Waals surface area contributed by atoms with Crippen molar-refractivity contribution >= 4 is 21.6 Å². The van der Waals surface area contributed by atoms with Crippen molar-refractivity contribution in [3.05, 3.63) is 0 Å². The van der Waals surface area contributed by atoms with E-state index in [0.29, 0.717) is 4.75 Å². The van der Waals surface area contributed by atoms with Crippen LogP contribution in [0.2, 0.25) is 0 Å². The largest absolute Gasteiger partial charge is 0.0902 e. The Labute approximate surface area is 84.7 Å². The van der Waals surface area contributed by atoms with Crippen molar-refractivity contribution in [2.75, 3.05) is 0 Å². The number of hydrogen-bond donors (Lipinski definition) is 0. The van der Waals surface area contributed by atoms with Crippen molar-refractivity contribution in [2.45, 2.75) is 62.9 Å². The Balaban J connectivity index is 2.13. The van der Waals surface area contributed by atoms with Crippen LogP contribution in [0.1, 0.15) is 52.9 Å². The molecule has 0 nitrogen and oxygen atoms in total. The minimum absolute atomic E-state index is 0.433. The van der Waals surface area contributed by atoms with Gasteiger partial charge in [0.05, 0.1) is 0 Å². The van der Waals surface area contributed by atoms with Gasteiger partial charge in [0.15, 0.2) is 0 Å². The Morgan fingerprint density at radius 3 is 2.08 bits per heavy atom. The lowest BCUT2D eigenvalue weighted by molar-refractivity contribution is 0.517. The Kier molecular flexibility index (Phi) is 4.31. The van der Waals surface area contributed by atoms with E-state index in [1.807, 2.05) is 0 Å². The maximum Gasteiger partial charge on any atom is 0.0179 e. The van der Waals surface area contributed by atoms with E-state index in [1.54, 1.807) is 0 Å². The monoisotopic (exact) mass is 204 g/mol. The second-order valence-electron chi connectivity index (χ2n) is 4.55. The van der Waals surface area contributed by atoms with E-state index in [9.17, 15) is 0 Å². The van der Waals surface area contributed by atoms with Gasteiger partial charge >= 0.3 is 0 Å². The summed E-state index contributed by atoms with van der Waals surface area (Å²) in [7, 11) is 4.18. The lowest BCUT2D eigenvalue weighted by Gasteiger charge is -2.24. The Morgan fingerprint density at radius 1 is 1.00 bits per heavy atom. The molecular weight excluding hydrogens is 184 g/mol. The first-order chi connectivity index (χ1) is 5.58. The van der Waals surface area contributed by atoms with Crippen LogP contribution in [0.25, 0.3) is 0 Å². The molecule has 1 aliphatic carbocycles. The van der Waals surface area contributed by atoms with Gasteiger partial charge < -0.3 is 0 Å². The third kappa shape index (κ3) is 4.66. The highest BCUT2D eigenvalue weighted by atomic mass is 33.1. The molecule has 1 fully saturated rings. The minimum Gasteiger partial charge on any atom is -0.0902 e. The molecule has 1 aliphatic rings. The molecule has 2 heteroatoms. The fourth-order valence-corrected chi connectivity index (χ4v) is 4.18. The molecule has 0 radical (unpaired) electrons. The van der Waals surface area contributed by atoms with E-state index in [2.05, 4.69) is 42.4 Å². The topological polar surface area (TPSA) is 0 Å². The number of hydrogen-bond acceptors (Lipinski definition) is 2. The summed E-state index contributed by atoms with van der Waals surface area (Å²) < 4.78 is 0.433. The molecule has 0 aromatic heterocycles. The van der Waals surface area contributed by atoms with Crippen LogP contribution in [-0.2, 0) is 0 Å². The molecule has 0 saturated heterocycles. The molecule has 0 N–H and O–H groups in total. The van der Waals surface area contributed by atoms with E-state index < -0.39 is 0 Å². The maximum atomic E-state index is 2.30. The van der Waals surface area contributed by atoms with Crippen LogP contribution < -0.4 is 0 Å². The minimum atomic E-state index is 0.433. The summed E-state index contributed by atoms with van der Waals surface area (Å²) in [5.74, 6) is 0. The van der Waals surface area contributed by atoms with Crippen LogP contribution >= 0.6 is 21.6 Å². The predicted molar refractivity (Wildman–Crippen MR) is 61.8 cm³/mol. The van der Waals surface area contributed by atoms with E-state index in [4.69, 9.17) is 0 Å². The highest BCUT2D eigenvalue weighted by Crippen LogP contribution is 2.42. The molecular formula is C10H20S2. The summed E-state index contributed by atoms with van der Waals surface area (Å²) in [5.41, 5.74) is 0. The molecule has 0 spiro atoms. The number of rotatable bonds is 2. The predicted octanol–water partition coefficient (Wildman–Crippen LogP) is 4.50. The van der Waals surface area contributed by atoms with Crippen LogP contribution in [0.4, 0.5) is 0 Å². The molecule has 0 aliphatic heterocycles.